The van der Waals surface area contributed by atoms with Crippen molar-refractivity contribution in [3.8, 4) is 0 Å². The molecule has 0 spiro atoms. The fourth-order valence-electron chi connectivity index (χ4n) is 1.52. The van der Waals surface area contributed by atoms with Gasteiger partial charge in [-0.05, 0) is 33.1 Å². The van der Waals surface area contributed by atoms with Gasteiger partial charge in [-0.3, -0.25) is 0 Å². The van der Waals surface area contributed by atoms with E-state index in [2.05, 4.69) is 46.9 Å². The van der Waals surface area contributed by atoms with E-state index in [1.54, 1.807) is 15.8 Å². The molecule has 0 N–H and O–H groups in total. The molecule has 0 fully saturated rings. The average molecular weight is 247 g/mol. The molecule has 1 atom stereocenters. The van der Waals surface area contributed by atoms with Gasteiger partial charge in [-0.2, -0.15) is 0 Å². The molecule has 0 saturated carbocycles. The lowest BCUT2D eigenvalue weighted by Crippen LogP contribution is -2.18. The van der Waals surface area contributed by atoms with Gasteiger partial charge >= 0.3 is 0 Å². The van der Waals surface area contributed by atoms with Gasteiger partial charge in [0, 0.05) is 5.75 Å². The minimum absolute atomic E-state index is 0.369. The number of hydrogen-bond acceptors (Lipinski definition) is 1. The van der Waals surface area contributed by atoms with Crippen molar-refractivity contribution in [1.29, 1.82) is 0 Å². The van der Waals surface area contributed by atoms with E-state index < -0.39 is 0 Å². The zero-order valence-electron chi connectivity index (χ0n) is 7.64. The van der Waals surface area contributed by atoms with Crippen LogP contribution in [0.1, 0.15) is 26.7 Å². The van der Waals surface area contributed by atoms with Gasteiger partial charge in [0.1, 0.15) is 0 Å². The highest BCUT2D eigenvalue weighted by Crippen LogP contribution is 2.36. The first-order valence-corrected chi connectivity index (χ1v) is 7.14. The predicted molar refractivity (Wildman–Crippen MR) is 61.6 cm³/mol. The van der Waals surface area contributed by atoms with Crippen molar-refractivity contribution in [2.24, 2.45) is 5.41 Å². The Morgan fingerprint density at radius 3 is 3.00 bits per heavy atom. The lowest BCUT2D eigenvalue weighted by atomic mass is 9.81. The van der Waals surface area contributed by atoms with E-state index in [1.807, 2.05) is 0 Å². The minimum atomic E-state index is 0.369. The number of halogens is 1. The van der Waals surface area contributed by atoms with Gasteiger partial charge in [0.2, 0.25) is 0 Å². The Bertz CT molecular complexity index is 208. The molecule has 0 radical (unpaired) electrons. The van der Waals surface area contributed by atoms with E-state index in [-0.39, 0.29) is 0 Å². The summed E-state index contributed by atoms with van der Waals surface area (Å²) >= 11 is 3.43. The smallest absolute Gasteiger partial charge is 0.0134 e. The Balaban J connectivity index is 2.62. The standard InChI is InChI=1S/C10H15BrS/c1-3-9-5-4-6-10(2,7-9)8-12-11/h4-6H,3,7-8H2,1-2H3. The van der Waals surface area contributed by atoms with Crippen LogP contribution in [-0.4, -0.2) is 5.75 Å². The molecule has 0 aromatic carbocycles. The largest absolute Gasteiger partial charge is 0.0826 e. The van der Waals surface area contributed by atoms with Gasteiger partial charge in [0.15, 0.2) is 0 Å². The van der Waals surface area contributed by atoms with Crippen molar-refractivity contribution in [3.05, 3.63) is 23.8 Å². The summed E-state index contributed by atoms with van der Waals surface area (Å²) in [6.07, 6.45) is 9.18. The summed E-state index contributed by atoms with van der Waals surface area (Å²) in [6, 6.07) is 0. The lowest BCUT2D eigenvalue weighted by molar-refractivity contribution is 0.475. The van der Waals surface area contributed by atoms with Crippen molar-refractivity contribution in [3.63, 3.8) is 0 Å². The third-order valence-corrected chi connectivity index (χ3v) is 3.76. The molecule has 0 amide bonds. The molecule has 12 heavy (non-hydrogen) atoms. The van der Waals surface area contributed by atoms with Crippen LogP contribution in [0.5, 0.6) is 0 Å². The monoisotopic (exact) mass is 246 g/mol. The Labute approximate surface area is 86.7 Å². The highest BCUT2D eigenvalue weighted by molar-refractivity contribution is 9.50. The molecule has 0 heterocycles. The van der Waals surface area contributed by atoms with E-state index in [1.165, 1.54) is 12.8 Å². The van der Waals surface area contributed by atoms with Crippen LogP contribution in [0.3, 0.4) is 0 Å². The van der Waals surface area contributed by atoms with Crippen molar-refractivity contribution in [2.75, 3.05) is 5.75 Å². The minimum Gasteiger partial charge on any atom is -0.0826 e. The maximum atomic E-state index is 3.43. The molecule has 1 unspecified atom stereocenters. The maximum Gasteiger partial charge on any atom is 0.0134 e. The summed E-state index contributed by atoms with van der Waals surface area (Å²) < 4.78 is 0. The van der Waals surface area contributed by atoms with Crippen LogP contribution in [0.25, 0.3) is 0 Å². The number of allylic oxidation sites excluding steroid dienone is 4. The molecular formula is C10H15BrS. The molecule has 0 aliphatic heterocycles. The summed E-state index contributed by atoms with van der Waals surface area (Å²) in [6.45, 7) is 4.55. The molecule has 0 nitrogen and oxygen atoms in total. The van der Waals surface area contributed by atoms with Crippen LogP contribution in [0.2, 0.25) is 0 Å². The molecule has 0 saturated heterocycles. The predicted octanol–water partition coefficient (Wildman–Crippen LogP) is 4.33. The van der Waals surface area contributed by atoms with Crippen molar-refractivity contribution in [2.45, 2.75) is 26.7 Å². The molecule has 0 aromatic rings. The fraction of sp³-hybridized carbons (Fsp3) is 0.600. The average Bonchev–Trinajstić information content (AvgIpc) is 2.04. The fourth-order valence-corrected chi connectivity index (χ4v) is 3.54. The Morgan fingerprint density at radius 2 is 2.42 bits per heavy atom. The SMILES string of the molecule is CCC1=CC=CC(C)(CSBr)C1. The number of rotatable bonds is 3. The Hall–Kier alpha value is 0.310. The second-order valence-electron chi connectivity index (χ2n) is 3.62. The van der Waals surface area contributed by atoms with E-state index in [0.29, 0.717) is 5.41 Å². The lowest BCUT2D eigenvalue weighted by Gasteiger charge is -2.28. The van der Waals surface area contributed by atoms with E-state index >= 15 is 0 Å². The van der Waals surface area contributed by atoms with Gasteiger partial charge < -0.3 is 0 Å². The van der Waals surface area contributed by atoms with Gasteiger partial charge in [-0.25, -0.2) is 0 Å². The topological polar surface area (TPSA) is 0 Å². The highest BCUT2D eigenvalue weighted by atomic mass is 79.9. The summed E-state index contributed by atoms with van der Waals surface area (Å²) in [7, 11) is 1.75. The molecular weight excluding hydrogens is 232 g/mol. The van der Waals surface area contributed by atoms with Crippen LogP contribution in [0, 0.1) is 5.41 Å². The molecule has 2 heteroatoms. The first-order valence-electron chi connectivity index (χ1n) is 4.31. The second kappa shape index (κ2) is 4.52. The van der Waals surface area contributed by atoms with Gasteiger partial charge in [-0.15, -0.1) is 0 Å². The summed E-state index contributed by atoms with van der Waals surface area (Å²) in [5.74, 6) is 1.15. The zero-order chi connectivity index (χ0) is 9.03. The molecule has 1 aliphatic carbocycles. The first kappa shape index (κ1) is 10.4. The molecule has 1 aliphatic rings. The van der Waals surface area contributed by atoms with Crippen molar-refractivity contribution in [1.82, 2.24) is 0 Å². The third-order valence-electron chi connectivity index (χ3n) is 2.30. The third kappa shape index (κ3) is 2.67. The van der Waals surface area contributed by atoms with Crippen LogP contribution in [0.4, 0.5) is 0 Å². The van der Waals surface area contributed by atoms with Crippen LogP contribution in [0.15, 0.2) is 23.8 Å². The molecule has 68 valence electrons. The van der Waals surface area contributed by atoms with Crippen molar-refractivity contribution >= 4 is 25.0 Å². The van der Waals surface area contributed by atoms with Crippen molar-refractivity contribution < 1.29 is 0 Å². The quantitative estimate of drug-likeness (QED) is 0.715. The van der Waals surface area contributed by atoms with Gasteiger partial charge in [0.05, 0.1) is 0 Å². The zero-order valence-corrected chi connectivity index (χ0v) is 10.0. The van der Waals surface area contributed by atoms with Gasteiger partial charge in [-0.1, -0.05) is 47.8 Å². The molecule has 0 aromatic heterocycles. The maximum absolute atomic E-state index is 3.43. The van der Waals surface area contributed by atoms with Gasteiger partial charge in [0.25, 0.3) is 0 Å². The second-order valence-corrected chi connectivity index (χ2v) is 5.50. The highest BCUT2D eigenvalue weighted by Gasteiger charge is 2.23. The summed E-state index contributed by atoms with van der Waals surface area (Å²) in [5.41, 5.74) is 1.94. The Kier molecular flexibility index (Phi) is 3.91. The summed E-state index contributed by atoms with van der Waals surface area (Å²) in [5, 5.41) is 0. The van der Waals surface area contributed by atoms with E-state index in [9.17, 15) is 0 Å². The Morgan fingerprint density at radius 1 is 1.67 bits per heavy atom. The number of hydrogen-bond donors (Lipinski definition) is 0. The van der Waals surface area contributed by atoms with Crippen LogP contribution >= 0.6 is 25.0 Å². The van der Waals surface area contributed by atoms with Crippen LogP contribution < -0.4 is 0 Å². The summed E-state index contributed by atoms with van der Waals surface area (Å²) in [4.78, 5) is 0. The van der Waals surface area contributed by atoms with E-state index in [4.69, 9.17) is 0 Å². The van der Waals surface area contributed by atoms with E-state index in [0.717, 1.165) is 5.75 Å². The first-order chi connectivity index (χ1) is 5.70. The van der Waals surface area contributed by atoms with Crippen LogP contribution in [-0.2, 0) is 0 Å². The molecule has 1 rings (SSSR count). The molecule has 0 bridgehead atoms. The normalized spacial score (nSPS) is 28.8.